The van der Waals surface area contributed by atoms with Crippen LogP contribution in [0, 0.1) is 5.41 Å². The molecule has 0 spiro atoms. The van der Waals surface area contributed by atoms with Gasteiger partial charge in [-0.1, -0.05) is 55.3 Å². The largest absolute Gasteiger partial charge is 0.394 e. The Hall–Kier alpha value is -1.88. The number of aliphatic hydroxyl groups excluding tert-OH is 1. The first-order valence-electron chi connectivity index (χ1n) is 10.2. The van der Waals surface area contributed by atoms with E-state index in [2.05, 4.69) is 11.6 Å². The van der Waals surface area contributed by atoms with E-state index in [-0.39, 0.29) is 30.5 Å². The van der Waals surface area contributed by atoms with E-state index in [0.29, 0.717) is 29.3 Å². The van der Waals surface area contributed by atoms with Crippen molar-refractivity contribution >= 4 is 29.1 Å². The van der Waals surface area contributed by atoms with Crippen LogP contribution in [0.25, 0.3) is 0 Å². The second-order valence-corrected chi connectivity index (χ2v) is 9.13. The Bertz CT molecular complexity index is 898. The molecule has 1 unspecified atom stereocenters. The Kier molecular flexibility index (Phi) is 7.22. The molecule has 1 fully saturated rings. The van der Waals surface area contributed by atoms with Crippen LogP contribution in [0.3, 0.4) is 0 Å². The Morgan fingerprint density at radius 2 is 1.97 bits per heavy atom. The van der Waals surface area contributed by atoms with Crippen molar-refractivity contribution in [3.05, 3.63) is 76.6 Å². The van der Waals surface area contributed by atoms with Crippen LogP contribution in [0.2, 0.25) is 10.0 Å². The number of nitrogens with zero attached hydrogens (tertiary/aromatic N) is 2. The van der Waals surface area contributed by atoms with Crippen LogP contribution in [0.4, 0.5) is 0 Å². The summed E-state index contributed by atoms with van der Waals surface area (Å²) < 4.78 is 0. The van der Waals surface area contributed by atoms with Crippen LogP contribution >= 0.6 is 23.2 Å². The third kappa shape index (κ3) is 4.41. The van der Waals surface area contributed by atoms with Gasteiger partial charge in [0.25, 0.3) is 0 Å². The number of allylic oxidation sites excluding steroid dienone is 1. The SMILES string of the molecule is C=CC[C@@]1(C)CC(c2cncc(Cl)c2)[C@@H](c2ccc(Cl)cc2)N([C@@H](CC)CO)C1=O. The number of amides is 1. The van der Waals surface area contributed by atoms with Crippen LogP contribution in [0.1, 0.15) is 56.2 Å². The van der Waals surface area contributed by atoms with Crippen molar-refractivity contribution in [1.29, 1.82) is 0 Å². The normalized spacial score (nSPS) is 25.2. The van der Waals surface area contributed by atoms with Gasteiger partial charge in [-0.05, 0) is 48.6 Å². The van der Waals surface area contributed by atoms with E-state index in [9.17, 15) is 9.90 Å². The molecule has 1 aromatic carbocycles. The Morgan fingerprint density at radius 1 is 1.27 bits per heavy atom. The summed E-state index contributed by atoms with van der Waals surface area (Å²) in [5.41, 5.74) is 1.33. The fourth-order valence-corrected chi connectivity index (χ4v) is 4.90. The van der Waals surface area contributed by atoms with Crippen molar-refractivity contribution in [3.63, 3.8) is 0 Å². The number of carbonyl (C=O) groups excluding carboxylic acids is 1. The number of likely N-dealkylation sites (tertiary alicyclic amines) is 1. The first-order valence-corrected chi connectivity index (χ1v) is 11.0. The molecule has 0 saturated carbocycles. The summed E-state index contributed by atoms with van der Waals surface area (Å²) >= 11 is 12.4. The maximum Gasteiger partial charge on any atom is 0.229 e. The minimum absolute atomic E-state index is 0.0366. The number of piperidine rings is 1. The van der Waals surface area contributed by atoms with Gasteiger partial charge < -0.3 is 10.0 Å². The second kappa shape index (κ2) is 9.51. The third-order valence-corrected chi connectivity index (χ3v) is 6.60. The fraction of sp³-hybridized carbons (Fsp3) is 0.417. The Labute approximate surface area is 188 Å². The summed E-state index contributed by atoms with van der Waals surface area (Å²) in [6.07, 6.45) is 7.07. The first kappa shape index (κ1) is 22.8. The lowest BCUT2D eigenvalue weighted by Gasteiger charge is -2.51. The number of hydrogen-bond acceptors (Lipinski definition) is 3. The zero-order valence-electron chi connectivity index (χ0n) is 17.4. The molecule has 4 atom stereocenters. The van der Waals surface area contributed by atoms with Gasteiger partial charge in [0.15, 0.2) is 0 Å². The third-order valence-electron chi connectivity index (χ3n) is 6.14. The molecule has 4 nitrogen and oxygen atoms in total. The minimum Gasteiger partial charge on any atom is -0.394 e. The highest BCUT2D eigenvalue weighted by Crippen LogP contribution is 2.52. The molecular formula is C24H28Cl2N2O2. The molecular weight excluding hydrogens is 419 g/mol. The van der Waals surface area contributed by atoms with Gasteiger partial charge in [-0.3, -0.25) is 9.78 Å². The molecule has 1 saturated heterocycles. The molecule has 1 aliphatic heterocycles. The summed E-state index contributed by atoms with van der Waals surface area (Å²) in [6, 6.07) is 8.96. The predicted octanol–water partition coefficient (Wildman–Crippen LogP) is 5.80. The molecule has 6 heteroatoms. The molecule has 1 aromatic heterocycles. The molecule has 0 aliphatic carbocycles. The maximum atomic E-state index is 13.8. The van der Waals surface area contributed by atoms with Gasteiger partial charge in [0.05, 0.1) is 29.1 Å². The van der Waals surface area contributed by atoms with Crippen molar-refractivity contribution in [2.45, 2.75) is 51.1 Å². The summed E-state index contributed by atoms with van der Waals surface area (Å²) in [6.45, 7) is 7.75. The van der Waals surface area contributed by atoms with E-state index in [1.54, 1.807) is 12.3 Å². The highest BCUT2D eigenvalue weighted by molar-refractivity contribution is 6.30. The summed E-state index contributed by atoms with van der Waals surface area (Å²) in [7, 11) is 0. The zero-order valence-corrected chi connectivity index (χ0v) is 18.9. The van der Waals surface area contributed by atoms with E-state index >= 15 is 0 Å². The Balaban J connectivity index is 2.22. The zero-order chi connectivity index (χ0) is 21.9. The quantitative estimate of drug-likeness (QED) is 0.546. The van der Waals surface area contributed by atoms with Gasteiger partial charge in [0.1, 0.15) is 0 Å². The highest BCUT2D eigenvalue weighted by atomic mass is 35.5. The summed E-state index contributed by atoms with van der Waals surface area (Å²) in [5.74, 6) is -0.00453. The fourth-order valence-electron chi connectivity index (χ4n) is 4.60. The van der Waals surface area contributed by atoms with Gasteiger partial charge >= 0.3 is 0 Å². The molecule has 3 rings (SSSR count). The van der Waals surface area contributed by atoms with Crippen LogP contribution in [0.5, 0.6) is 0 Å². The number of carbonyl (C=O) groups is 1. The molecule has 2 heterocycles. The van der Waals surface area contributed by atoms with Crippen LogP contribution in [-0.4, -0.2) is 33.5 Å². The Morgan fingerprint density at radius 3 is 2.53 bits per heavy atom. The average Bonchev–Trinajstić information content (AvgIpc) is 2.73. The van der Waals surface area contributed by atoms with Crippen LogP contribution < -0.4 is 0 Å². The van der Waals surface area contributed by atoms with Crippen molar-refractivity contribution in [1.82, 2.24) is 9.88 Å². The van der Waals surface area contributed by atoms with Crippen molar-refractivity contribution in [2.75, 3.05) is 6.61 Å². The molecule has 30 heavy (non-hydrogen) atoms. The molecule has 1 N–H and O–H groups in total. The van der Waals surface area contributed by atoms with Gasteiger partial charge in [-0.15, -0.1) is 6.58 Å². The topological polar surface area (TPSA) is 53.4 Å². The molecule has 2 aromatic rings. The second-order valence-electron chi connectivity index (χ2n) is 8.25. The number of pyridine rings is 1. The first-order chi connectivity index (χ1) is 14.3. The molecule has 0 radical (unpaired) electrons. The van der Waals surface area contributed by atoms with Crippen LogP contribution in [0.15, 0.2) is 55.4 Å². The van der Waals surface area contributed by atoms with Gasteiger partial charge in [0, 0.05) is 23.3 Å². The van der Waals surface area contributed by atoms with Crippen molar-refractivity contribution in [2.24, 2.45) is 5.41 Å². The lowest BCUT2D eigenvalue weighted by Crippen LogP contribution is -2.56. The average molecular weight is 447 g/mol. The lowest BCUT2D eigenvalue weighted by molar-refractivity contribution is -0.156. The van der Waals surface area contributed by atoms with Crippen LogP contribution in [-0.2, 0) is 4.79 Å². The standard InChI is InChI=1S/C24H28Cl2N2O2/c1-4-10-24(3)12-21(17-11-19(26)14-27-13-17)22(16-6-8-18(25)9-7-16)28(23(24)30)20(5-2)15-29/h4,6-9,11,13-14,20-22,29H,1,5,10,12,15H2,2-3H3/t20-,21?,22+,24-/m0/s1. The summed E-state index contributed by atoms with van der Waals surface area (Å²) in [5, 5.41) is 11.3. The highest BCUT2D eigenvalue weighted by Gasteiger charge is 2.50. The van der Waals surface area contributed by atoms with E-state index in [1.165, 1.54) is 0 Å². The smallest absolute Gasteiger partial charge is 0.229 e. The number of rotatable bonds is 7. The minimum atomic E-state index is -0.625. The van der Waals surface area contributed by atoms with Crippen molar-refractivity contribution < 1.29 is 9.90 Å². The number of aromatic nitrogens is 1. The van der Waals surface area contributed by atoms with E-state index in [0.717, 1.165) is 11.1 Å². The molecule has 0 bridgehead atoms. The van der Waals surface area contributed by atoms with E-state index in [4.69, 9.17) is 23.2 Å². The molecule has 1 amide bonds. The monoisotopic (exact) mass is 446 g/mol. The molecule has 160 valence electrons. The van der Waals surface area contributed by atoms with Gasteiger partial charge in [-0.25, -0.2) is 0 Å². The number of aliphatic hydroxyl groups is 1. The van der Waals surface area contributed by atoms with Crippen molar-refractivity contribution in [3.8, 4) is 0 Å². The number of halogens is 2. The lowest BCUT2D eigenvalue weighted by atomic mass is 9.67. The van der Waals surface area contributed by atoms with E-state index < -0.39 is 5.41 Å². The predicted molar refractivity (Wildman–Crippen MR) is 122 cm³/mol. The maximum absolute atomic E-state index is 13.8. The van der Waals surface area contributed by atoms with E-state index in [1.807, 2.05) is 55.3 Å². The number of hydrogen-bond donors (Lipinski definition) is 1. The summed E-state index contributed by atoms with van der Waals surface area (Å²) in [4.78, 5) is 20.0. The van der Waals surface area contributed by atoms with Gasteiger partial charge in [-0.2, -0.15) is 0 Å². The number of benzene rings is 1. The van der Waals surface area contributed by atoms with Gasteiger partial charge in [0.2, 0.25) is 5.91 Å². The molecule has 1 aliphatic rings.